The molecule has 0 aliphatic carbocycles. The highest BCUT2D eigenvalue weighted by atomic mass is 32.2. The molecular formula is C12H17N3O3S2. The molecule has 2 rings (SSSR count). The summed E-state index contributed by atoms with van der Waals surface area (Å²) < 4.78 is 33.2. The van der Waals surface area contributed by atoms with Crippen molar-refractivity contribution >= 4 is 21.4 Å². The maximum Gasteiger partial charge on any atom is 0.262 e. The van der Waals surface area contributed by atoms with Gasteiger partial charge in [-0.3, -0.25) is 0 Å². The molecular weight excluding hydrogens is 298 g/mol. The second kappa shape index (κ2) is 6.49. The summed E-state index contributed by atoms with van der Waals surface area (Å²) in [6.45, 7) is 0.965. The van der Waals surface area contributed by atoms with Crippen LogP contribution in [-0.4, -0.2) is 42.5 Å². The van der Waals surface area contributed by atoms with Gasteiger partial charge in [-0.05, 0) is 22.4 Å². The Bertz CT molecular complexity index is 635. The van der Waals surface area contributed by atoms with Crippen LogP contribution in [0.4, 0.5) is 0 Å². The lowest BCUT2D eigenvalue weighted by molar-refractivity contribution is 0.177. The van der Waals surface area contributed by atoms with E-state index in [9.17, 15) is 8.42 Å². The van der Waals surface area contributed by atoms with E-state index in [4.69, 9.17) is 4.74 Å². The third kappa shape index (κ3) is 3.45. The molecule has 2 aromatic heterocycles. The molecule has 0 unspecified atom stereocenters. The second-order valence-corrected chi connectivity index (χ2v) is 7.01. The van der Waals surface area contributed by atoms with E-state index in [-0.39, 0.29) is 5.03 Å². The van der Waals surface area contributed by atoms with Gasteiger partial charge in [0.15, 0.2) is 5.03 Å². The van der Waals surface area contributed by atoms with Gasteiger partial charge in [-0.15, -0.1) is 0 Å². The van der Waals surface area contributed by atoms with Crippen molar-refractivity contribution in [2.24, 2.45) is 7.05 Å². The Morgan fingerprint density at radius 3 is 2.85 bits per heavy atom. The molecule has 20 heavy (non-hydrogen) atoms. The Morgan fingerprint density at radius 2 is 2.30 bits per heavy atom. The van der Waals surface area contributed by atoms with E-state index in [0.717, 1.165) is 5.56 Å². The lowest BCUT2D eigenvalue weighted by atomic mass is 10.3. The summed E-state index contributed by atoms with van der Waals surface area (Å²) in [7, 11) is -0.310. The number of aromatic nitrogens is 2. The normalized spacial score (nSPS) is 12.2. The van der Waals surface area contributed by atoms with Crippen molar-refractivity contribution in [3.05, 3.63) is 34.9 Å². The maximum absolute atomic E-state index is 12.6. The van der Waals surface area contributed by atoms with Crippen molar-refractivity contribution in [3.8, 4) is 0 Å². The average molecular weight is 315 g/mol. The molecule has 0 saturated heterocycles. The molecule has 2 heterocycles. The molecule has 0 fully saturated rings. The van der Waals surface area contributed by atoms with Gasteiger partial charge in [0.05, 0.1) is 12.9 Å². The van der Waals surface area contributed by atoms with E-state index in [1.54, 1.807) is 30.1 Å². The van der Waals surface area contributed by atoms with E-state index in [2.05, 4.69) is 4.98 Å². The molecule has 6 nitrogen and oxygen atoms in total. The number of ether oxygens (including phenoxy) is 1. The van der Waals surface area contributed by atoms with Gasteiger partial charge in [0, 0.05) is 33.4 Å². The van der Waals surface area contributed by atoms with Gasteiger partial charge in [-0.2, -0.15) is 15.6 Å². The van der Waals surface area contributed by atoms with Crippen LogP contribution < -0.4 is 0 Å². The maximum atomic E-state index is 12.6. The average Bonchev–Trinajstić information content (AvgIpc) is 3.05. The first-order valence-corrected chi connectivity index (χ1v) is 8.40. The Labute approximate surface area is 122 Å². The Balaban J connectivity index is 2.25. The largest absolute Gasteiger partial charge is 0.383 e. The molecule has 0 aliphatic rings. The van der Waals surface area contributed by atoms with Crippen LogP contribution in [0.15, 0.2) is 34.4 Å². The van der Waals surface area contributed by atoms with Crippen LogP contribution in [-0.2, 0) is 28.4 Å². The van der Waals surface area contributed by atoms with Crippen molar-refractivity contribution < 1.29 is 13.2 Å². The number of sulfonamides is 1. The first-order valence-electron chi connectivity index (χ1n) is 6.02. The van der Waals surface area contributed by atoms with E-state index < -0.39 is 10.0 Å². The summed E-state index contributed by atoms with van der Waals surface area (Å²) in [4.78, 5) is 3.94. The fourth-order valence-electron chi connectivity index (χ4n) is 1.72. The standard InChI is InChI=1S/C12H17N3O3S2/c1-14-8-12(13-10-14)20(16,17)15(4-5-18-2)7-11-3-6-19-9-11/h3,6,8-10H,4-5,7H2,1-2H3. The first-order chi connectivity index (χ1) is 9.54. The van der Waals surface area contributed by atoms with Crippen molar-refractivity contribution in [1.29, 1.82) is 0 Å². The molecule has 2 aromatic rings. The van der Waals surface area contributed by atoms with E-state index in [1.807, 2.05) is 16.8 Å². The third-order valence-corrected chi connectivity index (χ3v) is 5.23. The summed E-state index contributed by atoms with van der Waals surface area (Å²) in [5.41, 5.74) is 0.964. The van der Waals surface area contributed by atoms with Gasteiger partial charge in [-0.25, -0.2) is 13.4 Å². The number of methoxy groups -OCH3 is 1. The molecule has 8 heteroatoms. The van der Waals surface area contributed by atoms with Gasteiger partial charge >= 0.3 is 0 Å². The number of aryl methyl sites for hydroxylation is 1. The summed E-state index contributed by atoms with van der Waals surface area (Å²) in [6.07, 6.45) is 2.98. The second-order valence-electron chi connectivity index (χ2n) is 4.34. The number of hydrogen-bond donors (Lipinski definition) is 0. The van der Waals surface area contributed by atoms with Gasteiger partial charge in [0.1, 0.15) is 0 Å². The SMILES string of the molecule is COCCN(Cc1ccsc1)S(=O)(=O)c1cn(C)cn1. The van der Waals surface area contributed by atoms with Crippen LogP contribution in [0.5, 0.6) is 0 Å². The zero-order valence-corrected chi connectivity index (χ0v) is 13.0. The van der Waals surface area contributed by atoms with Crippen LogP contribution in [0.25, 0.3) is 0 Å². The molecule has 0 spiro atoms. The quantitative estimate of drug-likeness (QED) is 0.773. The van der Waals surface area contributed by atoms with E-state index in [0.29, 0.717) is 19.7 Å². The predicted molar refractivity (Wildman–Crippen MR) is 77.0 cm³/mol. The molecule has 0 atom stereocenters. The monoisotopic (exact) mass is 315 g/mol. The highest BCUT2D eigenvalue weighted by Crippen LogP contribution is 2.17. The minimum atomic E-state index is -3.60. The summed E-state index contributed by atoms with van der Waals surface area (Å²) in [5, 5.41) is 3.93. The molecule has 0 amide bonds. The van der Waals surface area contributed by atoms with Crippen molar-refractivity contribution in [1.82, 2.24) is 13.9 Å². The molecule has 0 aliphatic heterocycles. The topological polar surface area (TPSA) is 64.4 Å². The van der Waals surface area contributed by atoms with Crippen LogP contribution in [0.1, 0.15) is 5.56 Å². The van der Waals surface area contributed by atoms with Gasteiger partial charge in [0.2, 0.25) is 0 Å². The fourth-order valence-corrected chi connectivity index (χ4v) is 3.76. The highest BCUT2D eigenvalue weighted by Gasteiger charge is 2.26. The zero-order chi connectivity index (χ0) is 14.6. The van der Waals surface area contributed by atoms with Gasteiger partial charge in [-0.1, -0.05) is 0 Å². The van der Waals surface area contributed by atoms with Crippen LogP contribution in [0, 0.1) is 0 Å². The molecule has 0 N–H and O–H groups in total. The predicted octanol–water partition coefficient (Wildman–Crippen LogP) is 1.32. The Hall–Kier alpha value is -1.22. The van der Waals surface area contributed by atoms with E-state index >= 15 is 0 Å². The molecule has 110 valence electrons. The number of thiophene rings is 1. The number of nitrogens with zero attached hydrogens (tertiary/aromatic N) is 3. The molecule has 0 saturated carbocycles. The van der Waals surface area contributed by atoms with Crippen molar-refractivity contribution in [2.45, 2.75) is 11.6 Å². The summed E-state index contributed by atoms with van der Waals surface area (Å²) in [5.74, 6) is 0. The van der Waals surface area contributed by atoms with Crippen LogP contribution >= 0.6 is 11.3 Å². The lowest BCUT2D eigenvalue weighted by Crippen LogP contribution is -2.33. The first kappa shape index (κ1) is 15.2. The Kier molecular flexibility index (Phi) is 4.92. The number of rotatable bonds is 7. The smallest absolute Gasteiger partial charge is 0.262 e. The molecule has 0 bridgehead atoms. The Morgan fingerprint density at radius 1 is 1.50 bits per heavy atom. The highest BCUT2D eigenvalue weighted by molar-refractivity contribution is 7.89. The fraction of sp³-hybridized carbons (Fsp3) is 0.417. The van der Waals surface area contributed by atoms with Gasteiger partial charge < -0.3 is 9.30 Å². The van der Waals surface area contributed by atoms with Gasteiger partial charge in [0.25, 0.3) is 10.0 Å². The van der Waals surface area contributed by atoms with Crippen LogP contribution in [0.3, 0.4) is 0 Å². The van der Waals surface area contributed by atoms with Crippen molar-refractivity contribution in [3.63, 3.8) is 0 Å². The molecule has 0 radical (unpaired) electrons. The summed E-state index contributed by atoms with van der Waals surface area (Å²) >= 11 is 1.54. The summed E-state index contributed by atoms with van der Waals surface area (Å²) in [6, 6.07) is 1.92. The minimum Gasteiger partial charge on any atom is -0.383 e. The zero-order valence-electron chi connectivity index (χ0n) is 11.4. The third-order valence-electron chi connectivity index (χ3n) is 2.77. The minimum absolute atomic E-state index is 0.0614. The molecule has 0 aromatic carbocycles. The number of hydrogen-bond acceptors (Lipinski definition) is 5. The van der Waals surface area contributed by atoms with Crippen LogP contribution in [0.2, 0.25) is 0 Å². The lowest BCUT2D eigenvalue weighted by Gasteiger charge is -2.20. The van der Waals surface area contributed by atoms with E-state index in [1.165, 1.54) is 16.8 Å². The number of imidazole rings is 1. The van der Waals surface area contributed by atoms with Crippen molar-refractivity contribution in [2.75, 3.05) is 20.3 Å².